The molecule has 2 heterocycles. The number of anilines is 2. The number of carbonyl (C=O) groups is 1. The minimum atomic E-state index is -1.07. The first-order valence-corrected chi connectivity index (χ1v) is 5.29. The second-order valence-corrected chi connectivity index (χ2v) is 3.64. The second-order valence-electron chi connectivity index (χ2n) is 3.64. The number of aromatic carboxylic acids is 1. The number of hydrogen-bond donors (Lipinski definition) is 3. The fraction of sp³-hybridized carbons (Fsp3) is 0.0833. The summed E-state index contributed by atoms with van der Waals surface area (Å²) >= 11 is 0. The predicted octanol–water partition coefficient (Wildman–Crippen LogP) is 1.37. The molecule has 6 heteroatoms. The molecule has 0 spiro atoms. The average molecular weight is 244 g/mol. The van der Waals surface area contributed by atoms with Crippen LogP contribution in [0.1, 0.15) is 16.1 Å². The molecule has 0 bridgehead atoms. The van der Waals surface area contributed by atoms with Crippen LogP contribution in [0.25, 0.3) is 0 Å². The highest BCUT2D eigenvalue weighted by Crippen LogP contribution is 2.16. The first kappa shape index (κ1) is 11.8. The van der Waals surface area contributed by atoms with Crippen LogP contribution in [0.3, 0.4) is 0 Å². The molecule has 0 radical (unpaired) electrons. The fourth-order valence-electron chi connectivity index (χ4n) is 1.46. The zero-order valence-electron chi connectivity index (χ0n) is 9.50. The van der Waals surface area contributed by atoms with Gasteiger partial charge >= 0.3 is 5.97 Å². The molecule has 0 aromatic carbocycles. The van der Waals surface area contributed by atoms with Crippen LogP contribution >= 0.6 is 0 Å². The third kappa shape index (κ3) is 2.73. The number of rotatable bonds is 4. The predicted molar refractivity (Wildman–Crippen MR) is 67.2 cm³/mol. The summed E-state index contributed by atoms with van der Waals surface area (Å²) in [6.07, 6.45) is 3.08. The van der Waals surface area contributed by atoms with E-state index in [-0.39, 0.29) is 11.4 Å². The van der Waals surface area contributed by atoms with E-state index in [2.05, 4.69) is 15.3 Å². The Balaban J connectivity index is 2.17. The summed E-state index contributed by atoms with van der Waals surface area (Å²) in [7, 11) is 0. The molecule has 2 rings (SSSR count). The Hall–Kier alpha value is -2.63. The maximum atomic E-state index is 11.0. The highest BCUT2D eigenvalue weighted by atomic mass is 16.4. The van der Waals surface area contributed by atoms with Gasteiger partial charge in [0.25, 0.3) is 0 Å². The quantitative estimate of drug-likeness (QED) is 0.750. The number of pyridine rings is 2. The molecule has 0 saturated carbocycles. The molecule has 0 aliphatic heterocycles. The van der Waals surface area contributed by atoms with E-state index in [1.165, 1.54) is 12.3 Å². The third-order valence-corrected chi connectivity index (χ3v) is 2.30. The lowest BCUT2D eigenvalue weighted by molar-refractivity contribution is 0.0697. The number of carboxylic acids is 1. The van der Waals surface area contributed by atoms with Gasteiger partial charge in [-0.05, 0) is 18.2 Å². The SMILES string of the molecule is Nc1cnc(NCc2ccccn2)c(C(=O)O)c1. The molecule has 0 aliphatic carbocycles. The largest absolute Gasteiger partial charge is 0.478 e. The van der Waals surface area contributed by atoms with Gasteiger partial charge in [0.05, 0.1) is 24.1 Å². The molecule has 2 aromatic rings. The lowest BCUT2D eigenvalue weighted by atomic mass is 10.2. The number of nitrogens with one attached hydrogen (secondary N) is 1. The Morgan fingerprint density at radius 1 is 1.39 bits per heavy atom. The maximum absolute atomic E-state index is 11.0. The Morgan fingerprint density at radius 3 is 2.89 bits per heavy atom. The first-order valence-electron chi connectivity index (χ1n) is 5.29. The van der Waals surface area contributed by atoms with Gasteiger partial charge in [-0.1, -0.05) is 6.07 Å². The summed E-state index contributed by atoms with van der Waals surface area (Å²) in [4.78, 5) is 19.1. The zero-order valence-corrected chi connectivity index (χ0v) is 9.50. The number of nitrogens with two attached hydrogens (primary N) is 1. The second kappa shape index (κ2) is 5.13. The van der Waals surface area contributed by atoms with Crippen molar-refractivity contribution < 1.29 is 9.90 Å². The van der Waals surface area contributed by atoms with Crippen molar-refractivity contribution in [2.24, 2.45) is 0 Å². The van der Waals surface area contributed by atoms with Crippen molar-refractivity contribution in [3.8, 4) is 0 Å². The van der Waals surface area contributed by atoms with Gasteiger partial charge in [-0.25, -0.2) is 9.78 Å². The van der Waals surface area contributed by atoms with E-state index in [1.54, 1.807) is 6.20 Å². The standard InChI is InChI=1S/C12H12N4O2/c13-8-5-10(12(17)18)11(15-6-8)16-7-9-3-1-2-4-14-9/h1-6H,7,13H2,(H,15,16)(H,17,18). The molecule has 6 nitrogen and oxygen atoms in total. The molecule has 0 amide bonds. The van der Waals surface area contributed by atoms with Crippen molar-refractivity contribution in [1.29, 1.82) is 0 Å². The molecule has 0 atom stereocenters. The normalized spacial score (nSPS) is 10.0. The van der Waals surface area contributed by atoms with E-state index < -0.39 is 5.97 Å². The van der Waals surface area contributed by atoms with E-state index in [4.69, 9.17) is 10.8 Å². The van der Waals surface area contributed by atoms with Gasteiger partial charge in [0, 0.05) is 6.20 Å². The summed E-state index contributed by atoms with van der Waals surface area (Å²) in [5.41, 5.74) is 6.67. The van der Waals surface area contributed by atoms with Gasteiger partial charge in [-0.3, -0.25) is 4.98 Å². The number of aromatic nitrogens is 2. The van der Waals surface area contributed by atoms with Crippen LogP contribution in [-0.2, 0) is 6.54 Å². The van der Waals surface area contributed by atoms with E-state index in [9.17, 15) is 4.79 Å². The molecule has 0 aliphatic rings. The Kier molecular flexibility index (Phi) is 3.38. The molecular formula is C12H12N4O2. The monoisotopic (exact) mass is 244 g/mol. The van der Waals surface area contributed by atoms with Crippen LogP contribution in [0, 0.1) is 0 Å². The molecule has 18 heavy (non-hydrogen) atoms. The van der Waals surface area contributed by atoms with Gasteiger partial charge in [-0.2, -0.15) is 0 Å². The van der Waals surface area contributed by atoms with Crippen molar-refractivity contribution in [3.63, 3.8) is 0 Å². The van der Waals surface area contributed by atoms with Crippen LogP contribution < -0.4 is 11.1 Å². The van der Waals surface area contributed by atoms with Crippen LogP contribution in [0.4, 0.5) is 11.5 Å². The van der Waals surface area contributed by atoms with E-state index in [0.717, 1.165) is 5.69 Å². The molecule has 0 unspecified atom stereocenters. The van der Waals surface area contributed by atoms with Crippen LogP contribution in [0.15, 0.2) is 36.7 Å². The summed E-state index contributed by atoms with van der Waals surface area (Å²) in [5, 5.41) is 12.0. The first-order chi connectivity index (χ1) is 8.66. The lowest BCUT2D eigenvalue weighted by Crippen LogP contribution is -2.09. The molecule has 0 fully saturated rings. The van der Waals surface area contributed by atoms with Crippen LogP contribution in [0.2, 0.25) is 0 Å². The van der Waals surface area contributed by atoms with Crippen molar-refractivity contribution in [1.82, 2.24) is 9.97 Å². The summed E-state index contributed by atoms with van der Waals surface area (Å²) < 4.78 is 0. The van der Waals surface area contributed by atoms with Gasteiger partial charge in [0.15, 0.2) is 0 Å². The smallest absolute Gasteiger partial charge is 0.339 e. The number of nitrogens with zero attached hydrogens (tertiary/aromatic N) is 2. The van der Waals surface area contributed by atoms with Gasteiger partial charge < -0.3 is 16.2 Å². The van der Waals surface area contributed by atoms with Crippen LogP contribution in [0.5, 0.6) is 0 Å². The highest BCUT2D eigenvalue weighted by Gasteiger charge is 2.11. The van der Waals surface area contributed by atoms with Gasteiger partial charge in [0.1, 0.15) is 11.4 Å². The fourth-order valence-corrected chi connectivity index (χ4v) is 1.46. The third-order valence-electron chi connectivity index (χ3n) is 2.30. The van der Waals surface area contributed by atoms with Gasteiger partial charge in [0.2, 0.25) is 0 Å². The zero-order chi connectivity index (χ0) is 13.0. The summed E-state index contributed by atoms with van der Waals surface area (Å²) in [6.45, 7) is 0.401. The minimum absolute atomic E-state index is 0.0472. The number of carboxylic acid groups (broad SMARTS) is 1. The molecule has 4 N–H and O–H groups in total. The Morgan fingerprint density at radius 2 is 2.22 bits per heavy atom. The highest BCUT2D eigenvalue weighted by molar-refractivity contribution is 5.94. The van der Waals surface area contributed by atoms with Crippen molar-refractivity contribution >= 4 is 17.5 Å². The van der Waals surface area contributed by atoms with E-state index in [0.29, 0.717) is 12.2 Å². The molecule has 92 valence electrons. The molecule has 2 aromatic heterocycles. The Labute approximate surface area is 104 Å². The molecular weight excluding hydrogens is 232 g/mol. The molecule has 0 saturated heterocycles. The number of nitrogen functional groups attached to an aromatic ring is 1. The van der Waals surface area contributed by atoms with Crippen molar-refractivity contribution in [3.05, 3.63) is 47.9 Å². The topological polar surface area (TPSA) is 101 Å². The van der Waals surface area contributed by atoms with Crippen molar-refractivity contribution in [2.75, 3.05) is 11.1 Å². The summed E-state index contributed by atoms with van der Waals surface area (Å²) in [5.74, 6) is -0.791. The number of hydrogen-bond acceptors (Lipinski definition) is 5. The Bertz CT molecular complexity index is 557. The van der Waals surface area contributed by atoms with E-state index in [1.807, 2.05) is 18.2 Å². The average Bonchev–Trinajstić information content (AvgIpc) is 2.38. The summed E-state index contributed by atoms with van der Waals surface area (Å²) in [6, 6.07) is 6.88. The van der Waals surface area contributed by atoms with Gasteiger partial charge in [-0.15, -0.1) is 0 Å². The lowest BCUT2D eigenvalue weighted by Gasteiger charge is -2.08. The van der Waals surface area contributed by atoms with E-state index >= 15 is 0 Å². The van der Waals surface area contributed by atoms with Crippen LogP contribution in [-0.4, -0.2) is 21.0 Å². The minimum Gasteiger partial charge on any atom is -0.478 e. The van der Waals surface area contributed by atoms with Crippen molar-refractivity contribution in [2.45, 2.75) is 6.54 Å². The maximum Gasteiger partial charge on any atom is 0.339 e.